The van der Waals surface area contributed by atoms with Crippen LogP contribution >= 0.6 is 15.9 Å². The third kappa shape index (κ3) is 5.02. The first-order chi connectivity index (χ1) is 14.6. The summed E-state index contributed by atoms with van der Waals surface area (Å²) in [6, 6.07) is 15.2. The Morgan fingerprint density at radius 1 is 1.03 bits per heavy atom. The lowest BCUT2D eigenvalue weighted by atomic mass is 9.96. The van der Waals surface area contributed by atoms with Crippen LogP contribution in [0, 0.1) is 10.1 Å². The number of hydrogen-bond donors (Lipinski definition) is 1. The van der Waals surface area contributed by atoms with E-state index in [4.69, 9.17) is 4.74 Å². The van der Waals surface area contributed by atoms with E-state index in [2.05, 4.69) is 15.9 Å². The van der Waals surface area contributed by atoms with Gasteiger partial charge in [0.2, 0.25) is 0 Å². The highest BCUT2D eigenvalue weighted by Crippen LogP contribution is 2.39. The Labute approximate surface area is 182 Å². The zero-order valence-electron chi connectivity index (χ0n) is 15.9. The molecule has 0 unspecified atom stereocenters. The van der Waals surface area contributed by atoms with Gasteiger partial charge in [-0.1, -0.05) is 34.1 Å². The van der Waals surface area contributed by atoms with E-state index in [-0.39, 0.29) is 11.4 Å². The molecule has 3 aromatic rings. The highest BCUT2D eigenvalue weighted by atomic mass is 79.9. The van der Waals surface area contributed by atoms with Gasteiger partial charge < -0.3 is 10.1 Å². The maximum absolute atomic E-state index is 12.7. The van der Waals surface area contributed by atoms with Crippen LogP contribution in [0.5, 0.6) is 5.75 Å². The van der Waals surface area contributed by atoms with Crippen molar-refractivity contribution in [3.63, 3.8) is 0 Å². The fourth-order valence-corrected chi connectivity index (χ4v) is 3.31. The standard InChI is InChI=1S/C21H14BrF3N2O4/c1-31-15-9-12(16-4-2-3-5-18(16)26-20(28)21(23,24)25)8-13(10-15)17-7-6-14(22)11-19(17)27(29)30/h2-11H,1H3,(H,26,28). The Hall–Kier alpha value is -3.40. The minimum Gasteiger partial charge on any atom is -0.497 e. The quantitative estimate of drug-likeness (QED) is 0.338. The van der Waals surface area contributed by atoms with Crippen molar-refractivity contribution in [3.8, 4) is 28.0 Å². The lowest BCUT2D eigenvalue weighted by Gasteiger charge is -2.15. The fourth-order valence-electron chi connectivity index (χ4n) is 2.96. The van der Waals surface area contributed by atoms with Crippen LogP contribution in [0.25, 0.3) is 22.3 Å². The van der Waals surface area contributed by atoms with Gasteiger partial charge in [0.25, 0.3) is 5.69 Å². The molecular weight excluding hydrogens is 481 g/mol. The van der Waals surface area contributed by atoms with Gasteiger partial charge in [-0.2, -0.15) is 13.2 Å². The third-order valence-corrected chi connectivity index (χ3v) is 4.85. The Morgan fingerprint density at radius 3 is 2.29 bits per heavy atom. The molecule has 3 aromatic carbocycles. The Balaban J connectivity index is 2.16. The predicted molar refractivity (Wildman–Crippen MR) is 113 cm³/mol. The molecule has 0 heterocycles. The molecule has 0 saturated heterocycles. The van der Waals surface area contributed by atoms with Crippen molar-refractivity contribution in [2.45, 2.75) is 6.18 Å². The predicted octanol–water partition coefficient (Wildman–Crippen LogP) is 6.20. The van der Waals surface area contributed by atoms with Crippen LogP contribution in [0.15, 0.2) is 65.1 Å². The molecule has 0 aliphatic carbocycles. The molecule has 1 N–H and O–H groups in total. The second-order valence-corrected chi connectivity index (χ2v) is 7.28. The van der Waals surface area contributed by atoms with Gasteiger partial charge in [-0.25, -0.2) is 0 Å². The Bertz CT molecular complexity index is 1170. The number of nitro groups is 1. The van der Waals surface area contributed by atoms with E-state index in [1.165, 1.54) is 31.4 Å². The number of rotatable bonds is 5. The largest absolute Gasteiger partial charge is 0.497 e. The zero-order chi connectivity index (χ0) is 22.8. The molecule has 10 heteroatoms. The van der Waals surface area contributed by atoms with Crippen molar-refractivity contribution in [3.05, 3.63) is 75.3 Å². The van der Waals surface area contributed by atoms with Gasteiger partial charge in [0, 0.05) is 21.8 Å². The van der Waals surface area contributed by atoms with Crippen LogP contribution in [0.2, 0.25) is 0 Å². The summed E-state index contributed by atoms with van der Waals surface area (Å²) in [6.45, 7) is 0. The zero-order valence-corrected chi connectivity index (χ0v) is 17.5. The topological polar surface area (TPSA) is 81.5 Å². The van der Waals surface area contributed by atoms with E-state index in [0.29, 0.717) is 32.5 Å². The number of halogens is 4. The average molecular weight is 495 g/mol. The van der Waals surface area contributed by atoms with Crippen molar-refractivity contribution in [1.29, 1.82) is 0 Å². The van der Waals surface area contributed by atoms with Gasteiger partial charge in [0.15, 0.2) is 0 Å². The van der Waals surface area contributed by atoms with Crippen LogP contribution in [0.3, 0.4) is 0 Å². The molecular formula is C21H14BrF3N2O4. The van der Waals surface area contributed by atoms with Crippen LogP contribution in [-0.2, 0) is 4.79 Å². The number of nitrogens with one attached hydrogen (secondary N) is 1. The van der Waals surface area contributed by atoms with Crippen LogP contribution in [0.1, 0.15) is 0 Å². The molecule has 0 aliphatic rings. The first-order valence-electron chi connectivity index (χ1n) is 8.71. The highest BCUT2D eigenvalue weighted by molar-refractivity contribution is 9.10. The highest BCUT2D eigenvalue weighted by Gasteiger charge is 2.39. The van der Waals surface area contributed by atoms with Crippen molar-refractivity contribution < 1.29 is 27.6 Å². The lowest BCUT2D eigenvalue weighted by molar-refractivity contribution is -0.384. The summed E-state index contributed by atoms with van der Waals surface area (Å²) in [7, 11) is 1.40. The number of amides is 1. The summed E-state index contributed by atoms with van der Waals surface area (Å²) >= 11 is 3.20. The van der Waals surface area contributed by atoms with Gasteiger partial charge in [-0.15, -0.1) is 0 Å². The number of methoxy groups -OCH3 is 1. The number of hydrogen-bond acceptors (Lipinski definition) is 4. The summed E-state index contributed by atoms with van der Waals surface area (Å²) in [4.78, 5) is 22.4. The van der Waals surface area contributed by atoms with Gasteiger partial charge in [0.1, 0.15) is 5.75 Å². The molecule has 0 atom stereocenters. The summed E-state index contributed by atoms with van der Waals surface area (Å²) < 4.78 is 44.0. The second-order valence-electron chi connectivity index (χ2n) is 6.37. The number of alkyl halides is 3. The van der Waals surface area contributed by atoms with Crippen molar-refractivity contribution in [1.82, 2.24) is 0 Å². The number of benzene rings is 3. The monoisotopic (exact) mass is 494 g/mol. The van der Waals surface area contributed by atoms with Crippen molar-refractivity contribution >= 4 is 33.2 Å². The molecule has 0 aromatic heterocycles. The van der Waals surface area contributed by atoms with E-state index in [1.807, 2.05) is 5.32 Å². The maximum atomic E-state index is 12.7. The average Bonchev–Trinajstić information content (AvgIpc) is 2.73. The molecule has 3 rings (SSSR count). The number of carbonyl (C=O) groups is 1. The number of nitrogens with zero attached hydrogens (tertiary/aromatic N) is 1. The molecule has 31 heavy (non-hydrogen) atoms. The van der Waals surface area contributed by atoms with E-state index in [9.17, 15) is 28.1 Å². The van der Waals surface area contributed by atoms with Crippen LogP contribution < -0.4 is 10.1 Å². The first-order valence-corrected chi connectivity index (χ1v) is 9.50. The third-order valence-electron chi connectivity index (χ3n) is 4.35. The van der Waals surface area contributed by atoms with Gasteiger partial charge in [-0.05, 0) is 47.5 Å². The molecule has 0 fully saturated rings. The lowest BCUT2D eigenvalue weighted by Crippen LogP contribution is -2.30. The molecule has 6 nitrogen and oxygen atoms in total. The summed E-state index contributed by atoms with van der Waals surface area (Å²) in [5.41, 5.74) is 1.20. The second kappa shape index (κ2) is 8.76. The van der Waals surface area contributed by atoms with Crippen molar-refractivity contribution in [2.24, 2.45) is 0 Å². The number of nitro benzene ring substituents is 1. The maximum Gasteiger partial charge on any atom is 0.471 e. The molecule has 0 bridgehead atoms. The van der Waals surface area contributed by atoms with E-state index in [0.717, 1.165) is 0 Å². The Kier molecular flexibility index (Phi) is 6.30. The number of para-hydroxylation sites is 1. The van der Waals surface area contributed by atoms with E-state index in [1.54, 1.807) is 36.4 Å². The normalized spacial score (nSPS) is 11.1. The van der Waals surface area contributed by atoms with Crippen molar-refractivity contribution in [2.75, 3.05) is 12.4 Å². The number of ether oxygens (including phenoxy) is 1. The Morgan fingerprint density at radius 2 is 1.68 bits per heavy atom. The molecule has 1 amide bonds. The van der Waals surface area contributed by atoms with E-state index < -0.39 is 17.0 Å². The van der Waals surface area contributed by atoms with Crippen LogP contribution in [-0.4, -0.2) is 24.1 Å². The summed E-state index contributed by atoms with van der Waals surface area (Å²) in [6.07, 6.45) is -5.05. The minimum absolute atomic E-state index is 0.0608. The number of carbonyl (C=O) groups excluding carboxylic acids is 1. The SMILES string of the molecule is COc1cc(-c2ccccc2NC(=O)C(F)(F)F)cc(-c2ccc(Br)cc2[N+](=O)[O-])c1. The molecule has 0 saturated carbocycles. The smallest absolute Gasteiger partial charge is 0.471 e. The van der Waals surface area contributed by atoms with Gasteiger partial charge in [0.05, 0.1) is 17.6 Å². The number of anilines is 1. The minimum atomic E-state index is -5.05. The van der Waals surface area contributed by atoms with Crippen LogP contribution in [0.4, 0.5) is 24.5 Å². The molecule has 0 radical (unpaired) electrons. The molecule has 0 aliphatic heterocycles. The van der Waals surface area contributed by atoms with Gasteiger partial charge in [-0.3, -0.25) is 14.9 Å². The summed E-state index contributed by atoms with van der Waals surface area (Å²) in [5.74, 6) is -1.77. The first kappa shape index (κ1) is 22.3. The molecule has 160 valence electrons. The fraction of sp³-hybridized carbons (Fsp3) is 0.0952. The van der Waals surface area contributed by atoms with E-state index >= 15 is 0 Å². The summed E-state index contributed by atoms with van der Waals surface area (Å²) in [5, 5.41) is 13.4. The molecule has 0 spiro atoms. The van der Waals surface area contributed by atoms with Gasteiger partial charge >= 0.3 is 12.1 Å².